The number of benzene rings is 2. The summed E-state index contributed by atoms with van der Waals surface area (Å²) in [4.78, 5) is 11.8. The highest BCUT2D eigenvalue weighted by Gasteiger charge is 2.12. The Labute approximate surface area is 154 Å². The van der Waals surface area contributed by atoms with Crippen molar-refractivity contribution in [2.75, 3.05) is 12.4 Å². The highest BCUT2D eigenvalue weighted by molar-refractivity contribution is 5.92. The van der Waals surface area contributed by atoms with Gasteiger partial charge in [-0.2, -0.15) is 10.5 Å². The average Bonchev–Trinajstić information content (AvgIpc) is 3.24. The fourth-order valence-corrected chi connectivity index (χ4v) is 2.16. The van der Waals surface area contributed by atoms with Crippen LogP contribution in [0, 0.1) is 11.3 Å². The molecule has 0 saturated heterocycles. The van der Waals surface area contributed by atoms with Crippen molar-refractivity contribution in [1.29, 1.82) is 5.26 Å². The van der Waals surface area contributed by atoms with Crippen molar-refractivity contribution >= 4 is 17.2 Å². The number of para-hydroxylation sites is 1. The normalized spacial score (nSPS) is 10.7. The molecule has 9 heteroatoms. The van der Waals surface area contributed by atoms with Gasteiger partial charge in [0, 0.05) is 11.9 Å². The Bertz CT molecular complexity index is 991. The molecule has 0 aliphatic heterocycles. The number of hydrogen-bond donors (Lipinski definition) is 2. The summed E-state index contributed by atoms with van der Waals surface area (Å²) in [7, 11) is 1.32. The second-order valence-electron chi connectivity index (χ2n) is 5.16. The first-order valence-corrected chi connectivity index (χ1v) is 7.77. The molecule has 2 N–H and O–H groups in total. The zero-order valence-corrected chi connectivity index (χ0v) is 14.2. The Morgan fingerprint density at radius 2 is 2.00 bits per heavy atom. The van der Waals surface area contributed by atoms with Gasteiger partial charge in [-0.15, -0.1) is 10.2 Å². The van der Waals surface area contributed by atoms with E-state index in [2.05, 4.69) is 25.9 Å². The number of carbonyl (C=O) groups is 1. The lowest BCUT2D eigenvalue weighted by molar-refractivity contribution is 0.0598. The average molecular weight is 362 g/mol. The molecule has 0 atom stereocenters. The van der Waals surface area contributed by atoms with Crippen LogP contribution < -0.4 is 10.1 Å². The van der Waals surface area contributed by atoms with Gasteiger partial charge in [-0.25, -0.2) is 4.79 Å². The first-order valence-electron chi connectivity index (χ1n) is 7.77. The molecule has 134 valence electrons. The molecule has 0 unspecified atom stereocenters. The summed E-state index contributed by atoms with van der Waals surface area (Å²) in [5.74, 6) is 0.664. The number of ether oxygens (including phenoxy) is 2. The number of methoxy groups -OCH3 is 1. The summed E-state index contributed by atoms with van der Waals surface area (Å²) < 4.78 is 10.5. The van der Waals surface area contributed by atoms with Crippen molar-refractivity contribution in [2.24, 2.45) is 0 Å². The predicted molar refractivity (Wildman–Crippen MR) is 95.7 cm³/mol. The second kappa shape index (κ2) is 8.26. The van der Waals surface area contributed by atoms with Crippen molar-refractivity contribution < 1.29 is 14.3 Å². The number of carbonyl (C=O) groups excluding carboxylic acids is 1. The molecule has 0 aliphatic rings. The molecule has 1 heterocycles. The van der Waals surface area contributed by atoms with Gasteiger partial charge in [0.15, 0.2) is 0 Å². The lowest BCUT2D eigenvalue weighted by atomic mass is 10.2. The molecule has 0 fully saturated rings. The Morgan fingerprint density at radius 3 is 2.67 bits per heavy atom. The molecular formula is C18H14N6O3. The molecular weight excluding hydrogens is 348 g/mol. The van der Waals surface area contributed by atoms with E-state index in [0.717, 1.165) is 5.69 Å². The maximum absolute atomic E-state index is 11.8. The van der Waals surface area contributed by atoms with E-state index in [1.165, 1.54) is 13.3 Å². The number of aromatic nitrogens is 4. The fourth-order valence-electron chi connectivity index (χ4n) is 2.16. The number of tetrazole rings is 1. The number of hydrogen-bond acceptors (Lipinski definition) is 8. The Kier molecular flexibility index (Phi) is 5.39. The summed E-state index contributed by atoms with van der Waals surface area (Å²) in [5, 5.41) is 25.3. The van der Waals surface area contributed by atoms with E-state index in [0.29, 0.717) is 17.1 Å². The third-order valence-corrected chi connectivity index (χ3v) is 3.46. The van der Waals surface area contributed by atoms with Crippen LogP contribution in [0.5, 0.6) is 11.5 Å². The number of H-pyrrole nitrogens is 1. The van der Waals surface area contributed by atoms with Crippen LogP contribution in [0.25, 0.3) is 5.57 Å². The van der Waals surface area contributed by atoms with Gasteiger partial charge in [-0.1, -0.05) is 12.1 Å². The van der Waals surface area contributed by atoms with Crippen LogP contribution in [-0.2, 0) is 4.74 Å². The van der Waals surface area contributed by atoms with Crippen LogP contribution in [0.15, 0.2) is 54.7 Å². The molecule has 0 amide bonds. The number of allylic oxidation sites excluding steroid dienone is 1. The molecule has 0 saturated carbocycles. The van der Waals surface area contributed by atoms with Gasteiger partial charge in [0.05, 0.1) is 7.11 Å². The van der Waals surface area contributed by atoms with Crippen LogP contribution >= 0.6 is 0 Å². The van der Waals surface area contributed by atoms with Gasteiger partial charge in [0.25, 0.3) is 0 Å². The van der Waals surface area contributed by atoms with E-state index in [1.54, 1.807) is 48.5 Å². The van der Waals surface area contributed by atoms with Gasteiger partial charge in [0.2, 0.25) is 5.82 Å². The SMILES string of the molecule is COC(=O)c1ccccc1Oc1ccc(NC=C(C#N)c2nn[nH]n2)cc1. The van der Waals surface area contributed by atoms with E-state index in [4.69, 9.17) is 14.7 Å². The van der Waals surface area contributed by atoms with Crippen molar-refractivity contribution in [3.05, 3.63) is 66.1 Å². The molecule has 9 nitrogen and oxygen atoms in total. The third kappa shape index (κ3) is 4.26. The van der Waals surface area contributed by atoms with E-state index in [1.807, 2.05) is 6.07 Å². The van der Waals surface area contributed by atoms with Crippen LogP contribution in [0.3, 0.4) is 0 Å². The summed E-state index contributed by atoms with van der Waals surface area (Å²) in [6, 6.07) is 15.8. The maximum Gasteiger partial charge on any atom is 0.341 e. The largest absolute Gasteiger partial charge is 0.465 e. The molecule has 0 radical (unpaired) electrons. The van der Waals surface area contributed by atoms with Crippen molar-refractivity contribution in [2.45, 2.75) is 0 Å². The summed E-state index contributed by atoms with van der Waals surface area (Å²) in [5.41, 5.74) is 1.29. The van der Waals surface area contributed by atoms with Crippen LogP contribution in [-0.4, -0.2) is 33.7 Å². The van der Waals surface area contributed by atoms with Crippen LogP contribution in [0.2, 0.25) is 0 Å². The van der Waals surface area contributed by atoms with E-state index in [9.17, 15) is 4.79 Å². The number of esters is 1. The summed E-state index contributed by atoms with van der Waals surface area (Å²) >= 11 is 0. The van der Waals surface area contributed by atoms with E-state index < -0.39 is 5.97 Å². The molecule has 3 rings (SSSR count). The number of nitrogens with zero attached hydrogens (tertiary/aromatic N) is 4. The minimum Gasteiger partial charge on any atom is -0.465 e. The van der Waals surface area contributed by atoms with Crippen molar-refractivity contribution in [3.8, 4) is 17.6 Å². The second-order valence-corrected chi connectivity index (χ2v) is 5.16. The third-order valence-electron chi connectivity index (χ3n) is 3.46. The smallest absolute Gasteiger partial charge is 0.341 e. The number of nitriles is 1. The molecule has 3 aromatic rings. The van der Waals surface area contributed by atoms with Gasteiger partial charge in [-0.05, 0) is 41.6 Å². The maximum atomic E-state index is 11.8. The highest BCUT2D eigenvalue weighted by Crippen LogP contribution is 2.27. The minimum atomic E-state index is -0.473. The standard InChI is InChI=1S/C18H14N6O3/c1-26-18(25)15-4-2-3-5-16(15)27-14-8-6-13(7-9-14)20-11-12(10-19)17-21-23-24-22-17/h2-9,11,20H,1H3,(H,21,22,23,24). The Balaban J connectivity index is 1.72. The number of rotatable bonds is 6. The lowest BCUT2D eigenvalue weighted by Gasteiger charge is -2.10. The molecule has 0 aliphatic carbocycles. The molecule has 2 aromatic carbocycles. The minimum absolute atomic E-state index is 0.198. The van der Waals surface area contributed by atoms with Gasteiger partial charge >= 0.3 is 5.97 Å². The van der Waals surface area contributed by atoms with Gasteiger partial charge < -0.3 is 14.8 Å². The van der Waals surface area contributed by atoms with Crippen LogP contribution in [0.1, 0.15) is 16.2 Å². The molecule has 27 heavy (non-hydrogen) atoms. The topological polar surface area (TPSA) is 126 Å². The van der Waals surface area contributed by atoms with Crippen LogP contribution in [0.4, 0.5) is 5.69 Å². The van der Waals surface area contributed by atoms with Crippen molar-refractivity contribution in [1.82, 2.24) is 20.6 Å². The van der Waals surface area contributed by atoms with E-state index in [-0.39, 0.29) is 11.4 Å². The fraction of sp³-hybridized carbons (Fsp3) is 0.0556. The molecule has 0 spiro atoms. The van der Waals surface area contributed by atoms with Crippen molar-refractivity contribution in [3.63, 3.8) is 0 Å². The molecule has 0 bridgehead atoms. The van der Waals surface area contributed by atoms with Gasteiger partial charge in [-0.3, -0.25) is 0 Å². The highest BCUT2D eigenvalue weighted by atomic mass is 16.5. The zero-order valence-electron chi connectivity index (χ0n) is 14.2. The summed E-state index contributed by atoms with van der Waals surface area (Å²) in [6.45, 7) is 0. The zero-order chi connectivity index (χ0) is 19.1. The first-order chi connectivity index (χ1) is 13.2. The Morgan fingerprint density at radius 1 is 1.22 bits per heavy atom. The monoisotopic (exact) mass is 362 g/mol. The van der Waals surface area contributed by atoms with Gasteiger partial charge in [0.1, 0.15) is 28.7 Å². The van der Waals surface area contributed by atoms with E-state index >= 15 is 0 Å². The predicted octanol–water partition coefficient (Wildman–Crippen LogP) is 2.76. The summed E-state index contributed by atoms with van der Waals surface area (Å²) in [6.07, 6.45) is 1.48. The molecule has 1 aromatic heterocycles. The number of nitrogens with one attached hydrogen (secondary N) is 2. The quantitative estimate of drug-likeness (QED) is 0.506. The lowest BCUT2D eigenvalue weighted by Crippen LogP contribution is -2.03. The Hall–Kier alpha value is -4.19. The first kappa shape index (κ1) is 17.6. The number of anilines is 1. The number of aromatic amines is 1.